The first kappa shape index (κ1) is 38.0. The molecule has 0 saturated carbocycles. The number of sulfonamides is 2. The number of primary sulfonamides is 1. The highest BCUT2D eigenvalue weighted by atomic mass is 32.2. The molecule has 0 unspecified atom stereocenters. The minimum absolute atomic E-state index is 0.0470. The number of H-pyrrole nitrogens is 1. The number of tetrazole rings is 1. The fraction of sp³-hybridized carbons (Fsp3) is 0.158. The van der Waals surface area contributed by atoms with Gasteiger partial charge in [0.05, 0.1) is 44.5 Å². The molecule has 7 rings (SSSR count). The number of anilines is 1. The van der Waals surface area contributed by atoms with Crippen LogP contribution in [-0.4, -0.2) is 72.6 Å². The number of nitrogen functional groups attached to an aromatic ring is 1. The smallest absolute Gasteiger partial charge is 0.245 e. The third-order valence-electron chi connectivity index (χ3n) is 9.13. The highest BCUT2D eigenvalue weighted by Gasteiger charge is 2.37. The lowest BCUT2D eigenvalue weighted by atomic mass is 9.97. The van der Waals surface area contributed by atoms with Crippen LogP contribution in [0.5, 0.6) is 17.2 Å². The third-order valence-corrected chi connectivity index (χ3v) is 12.1. The van der Waals surface area contributed by atoms with Gasteiger partial charge in [0.25, 0.3) is 0 Å². The first-order valence-corrected chi connectivity index (χ1v) is 20.0. The highest BCUT2D eigenvalue weighted by Crippen LogP contribution is 2.43. The Morgan fingerprint density at radius 2 is 1.27 bits per heavy atom. The van der Waals surface area contributed by atoms with Gasteiger partial charge in [-0.1, -0.05) is 54.6 Å². The van der Waals surface area contributed by atoms with Crippen molar-refractivity contribution in [2.24, 2.45) is 5.14 Å². The molecule has 0 aliphatic carbocycles. The number of aromatic amines is 1. The van der Waals surface area contributed by atoms with Gasteiger partial charge in [-0.25, -0.2) is 31.6 Å². The average molecular weight is 796 g/mol. The van der Waals surface area contributed by atoms with Crippen molar-refractivity contribution >= 4 is 37.0 Å². The number of nitrogens with two attached hydrogens (primary N) is 2. The lowest BCUT2D eigenvalue weighted by Gasteiger charge is -2.26. The molecule has 5 aromatic carbocycles. The number of nitrogens with one attached hydrogen (secondary N) is 1. The molecule has 0 atom stereocenters. The van der Waals surface area contributed by atoms with Crippen molar-refractivity contribution in [3.05, 3.63) is 120 Å². The maximum atomic E-state index is 15.6. The van der Waals surface area contributed by atoms with Gasteiger partial charge in [0.1, 0.15) is 27.0 Å². The zero-order valence-electron chi connectivity index (χ0n) is 30.4. The van der Waals surface area contributed by atoms with Gasteiger partial charge in [-0.3, -0.25) is 0 Å². The molecule has 0 spiro atoms. The van der Waals surface area contributed by atoms with E-state index in [1.54, 1.807) is 86.0 Å². The van der Waals surface area contributed by atoms with Crippen LogP contribution < -0.4 is 25.1 Å². The third kappa shape index (κ3) is 7.62. The van der Waals surface area contributed by atoms with E-state index < -0.39 is 29.8 Å². The molecular weight excluding hydrogens is 759 g/mol. The summed E-state index contributed by atoms with van der Waals surface area (Å²) in [6, 6.07) is 28.7. The van der Waals surface area contributed by atoms with Crippen molar-refractivity contribution < 1.29 is 31.0 Å². The van der Waals surface area contributed by atoms with E-state index in [0.29, 0.717) is 45.0 Å². The van der Waals surface area contributed by atoms with Crippen molar-refractivity contribution in [1.29, 1.82) is 0 Å². The molecule has 0 saturated heterocycles. The lowest BCUT2D eigenvalue weighted by molar-refractivity contribution is 0.396. The molecule has 0 radical (unpaired) electrons. The van der Waals surface area contributed by atoms with Crippen LogP contribution in [0.2, 0.25) is 0 Å². The number of nitrogens with zero attached hydrogens (tertiary/aromatic N) is 6. The van der Waals surface area contributed by atoms with Crippen LogP contribution >= 0.6 is 0 Å². The fourth-order valence-electron chi connectivity index (χ4n) is 6.38. The van der Waals surface area contributed by atoms with Crippen molar-refractivity contribution in [2.45, 2.75) is 29.4 Å². The molecule has 0 fully saturated rings. The maximum absolute atomic E-state index is 15.6. The van der Waals surface area contributed by atoms with Crippen LogP contribution in [0, 0.1) is 0 Å². The number of hydrogen-bond donors (Lipinski definition) is 3. The van der Waals surface area contributed by atoms with Gasteiger partial charge in [-0.15, -0.1) is 5.10 Å². The second-order valence-corrected chi connectivity index (χ2v) is 16.1. The van der Waals surface area contributed by atoms with Gasteiger partial charge < -0.3 is 24.9 Å². The first-order valence-electron chi connectivity index (χ1n) is 17.0. The number of ether oxygens (including phenoxy) is 3. The molecule has 7 aromatic rings. The number of imidazole rings is 1. The molecule has 0 aliphatic rings. The lowest BCUT2D eigenvalue weighted by Crippen LogP contribution is -2.32. The van der Waals surface area contributed by atoms with Crippen LogP contribution in [0.1, 0.15) is 16.7 Å². The Kier molecular flexibility index (Phi) is 10.5. The van der Waals surface area contributed by atoms with Crippen molar-refractivity contribution in [3.8, 4) is 39.8 Å². The zero-order valence-corrected chi connectivity index (χ0v) is 32.1. The number of benzene rings is 5. The van der Waals surface area contributed by atoms with E-state index in [1.807, 2.05) is 12.1 Å². The summed E-state index contributed by atoms with van der Waals surface area (Å²) >= 11 is 0. The molecule has 2 heterocycles. The molecule has 16 nitrogen and oxygen atoms in total. The Morgan fingerprint density at radius 3 is 1.80 bits per heavy atom. The number of fused-ring (bicyclic) bond motifs is 1. The second kappa shape index (κ2) is 15.4. The molecule has 18 heteroatoms. The molecule has 0 amide bonds. The van der Waals surface area contributed by atoms with Gasteiger partial charge in [0, 0.05) is 18.7 Å². The Labute approximate surface area is 322 Å². The second-order valence-electron chi connectivity index (χ2n) is 12.7. The zero-order chi connectivity index (χ0) is 39.6. The predicted molar refractivity (Wildman–Crippen MR) is 209 cm³/mol. The summed E-state index contributed by atoms with van der Waals surface area (Å²) in [5.74, 6) is 1.84. The van der Waals surface area contributed by atoms with Crippen LogP contribution in [0.25, 0.3) is 33.5 Å². The standard InChI is InChI=1S/C38H37N9O7S2/c1-52-27-13-7-24(8-14-27)21-46(22-25-9-15-28(53-2)16-10-25)56(50,51)36-33(55(40,48)49)20-19-30(31-5-4-6-32-35(31)42-38(39)41-32)34(36)37-43-44-45-47(37)23-26-11-17-29(54-3)18-12-26/h4-20H,21-23H2,1-3H3,(H3,39,41,42)(H2,40,48,49). The minimum atomic E-state index is -4.84. The number of aromatic nitrogens is 6. The minimum Gasteiger partial charge on any atom is -0.497 e. The Bertz CT molecular complexity index is 2690. The van der Waals surface area contributed by atoms with E-state index in [0.717, 1.165) is 5.56 Å². The van der Waals surface area contributed by atoms with Gasteiger partial charge in [-0.2, -0.15) is 4.31 Å². The summed E-state index contributed by atoms with van der Waals surface area (Å²) in [6.07, 6.45) is 0. The number of para-hydroxylation sites is 1. The monoisotopic (exact) mass is 795 g/mol. The van der Waals surface area contributed by atoms with E-state index in [9.17, 15) is 8.42 Å². The van der Waals surface area contributed by atoms with Crippen molar-refractivity contribution in [1.82, 2.24) is 34.5 Å². The Balaban J connectivity index is 1.51. The van der Waals surface area contributed by atoms with Crippen molar-refractivity contribution in [2.75, 3.05) is 27.1 Å². The van der Waals surface area contributed by atoms with Crippen molar-refractivity contribution in [3.63, 3.8) is 0 Å². The highest BCUT2D eigenvalue weighted by molar-refractivity contribution is 7.92. The molecule has 56 heavy (non-hydrogen) atoms. The molecule has 5 N–H and O–H groups in total. The SMILES string of the molecule is COc1ccc(CN(Cc2ccc(OC)cc2)S(=O)(=O)c2c(S(N)(=O)=O)ccc(-c3cccc4[nH]c(N)nc34)c2-c2nnnn2Cc2ccc(OC)cc2)cc1. The van der Waals surface area contributed by atoms with Gasteiger partial charge in [-0.05, 0) is 81.2 Å². The van der Waals surface area contributed by atoms with Crippen LogP contribution in [0.15, 0.2) is 113 Å². The van der Waals surface area contributed by atoms with E-state index >= 15 is 8.42 Å². The van der Waals surface area contributed by atoms with Crippen LogP contribution in [0.3, 0.4) is 0 Å². The maximum Gasteiger partial charge on any atom is 0.245 e. The largest absolute Gasteiger partial charge is 0.497 e. The van der Waals surface area contributed by atoms with E-state index in [4.69, 9.17) is 25.1 Å². The molecule has 288 valence electrons. The van der Waals surface area contributed by atoms with Gasteiger partial charge >= 0.3 is 0 Å². The molecule has 0 aliphatic heterocycles. The number of rotatable bonds is 14. The average Bonchev–Trinajstić information content (AvgIpc) is 3.82. The number of hydrogen-bond acceptors (Lipinski definition) is 12. The Morgan fingerprint density at radius 1 is 0.714 bits per heavy atom. The van der Waals surface area contributed by atoms with E-state index in [2.05, 4.69) is 25.5 Å². The molecule has 0 bridgehead atoms. The first-order chi connectivity index (χ1) is 26.9. The summed E-state index contributed by atoms with van der Waals surface area (Å²) in [4.78, 5) is 6.21. The quantitative estimate of drug-likeness (QED) is 0.138. The summed E-state index contributed by atoms with van der Waals surface area (Å²) in [6.45, 7) is -0.269. The Hall–Kier alpha value is -6.34. The van der Waals surface area contributed by atoms with E-state index in [-0.39, 0.29) is 42.5 Å². The number of methoxy groups -OCH3 is 3. The van der Waals surface area contributed by atoms with Crippen LogP contribution in [-0.2, 0) is 39.7 Å². The summed E-state index contributed by atoms with van der Waals surface area (Å²) in [5, 5.41) is 18.4. The summed E-state index contributed by atoms with van der Waals surface area (Å²) in [7, 11) is -4.95. The van der Waals surface area contributed by atoms with E-state index in [1.165, 1.54) is 35.3 Å². The molecular formula is C38H37N9O7S2. The van der Waals surface area contributed by atoms with Crippen LogP contribution in [0.4, 0.5) is 5.95 Å². The predicted octanol–water partition coefficient (Wildman–Crippen LogP) is 4.58. The fourth-order valence-corrected chi connectivity index (χ4v) is 9.34. The summed E-state index contributed by atoms with van der Waals surface area (Å²) < 4.78 is 76.8. The van der Waals surface area contributed by atoms with Gasteiger partial charge in [0.2, 0.25) is 20.0 Å². The van der Waals surface area contributed by atoms with Gasteiger partial charge in [0.15, 0.2) is 11.8 Å². The topological polar surface area (TPSA) is 224 Å². The normalized spacial score (nSPS) is 11.9. The summed E-state index contributed by atoms with van der Waals surface area (Å²) in [5.41, 5.74) is 9.55. The molecule has 2 aromatic heterocycles.